The van der Waals surface area contributed by atoms with Gasteiger partial charge in [-0.15, -0.1) is 0 Å². The van der Waals surface area contributed by atoms with Crippen LogP contribution in [0.2, 0.25) is 0 Å². The number of rotatable bonds is 2. The number of ether oxygens (including phenoxy) is 2. The summed E-state index contributed by atoms with van der Waals surface area (Å²) in [5, 5.41) is 0. The molecule has 0 bridgehead atoms. The second kappa shape index (κ2) is 4.79. The Labute approximate surface area is 111 Å². The highest BCUT2D eigenvalue weighted by Crippen LogP contribution is 2.38. The van der Waals surface area contributed by atoms with E-state index in [1.165, 1.54) is 5.56 Å². The zero-order valence-corrected chi connectivity index (χ0v) is 12.8. The average Bonchev–Trinajstić information content (AvgIpc) is 2.24. The van der Waals surface area contributed by atoms with E-state index in [2.05, 4.69) is 46.5 Å². The Kier molecular flexibility index (Phi) is 3.94. The van der Waals surface area contributed by atoms with E-state index in [9.17, 15) is 0 Å². The molecule has 0 aromatic carbocycles. The van der Waals surface area contributed by atoms with E-state index in [0.717, 1.165) is 5.69 Å². The number of hydrogen-bond acceptors (Lipinski definition) is 3. The van der Waals surface area contributed by atoms with Gasteiger partial charge in [0.25, 0.3) is 5.88 Å². The lowest BCUT2D eigenvalue weighted by Gasteiger charge is -2.29. The van der Waals surface area contributed by atoms with Gasteiger partial charge >= 0.3 is 0 Å². The van der Waals surface area contributed by atoms with Crippen LogP contribution in [0.5, 0.6) is 11.6 Å². The number of nitrogens with zero attached hydrogens (tertiary/aromatic N) is 1. The summed E-state index contributed by atoms with van der Waals surface area (Å²) in [6, 6.07) is 2.05. The molecule has 0 radical (unpaired) electrons. The van der Waals surface area contributed by atoms with Crippen molar-refractivity contribution in [2.45, 2.75) is 52.4 Å². The first-order chi connectivity index (χ1) is 8.11. The van der Waals surface area contributed by atoms with Crippen molar-refractivity contribution in [3.05, 3.63) is 17.3 Å². The second-order valence-corrected chi connectivity index (χ2v) is 6.60. The molecule has 1 heterocycles. The Hall–Kier alpha value is -1.25. The summed E-state index contributed by atoms with van der Waals surface area (Å²) in [5.74, 6) is 1.24. The van der Waals surface area contributed by atoms with Crippen LogP contribution in [-0.4, -0.2) is 19.2 Å². The molecule has 0 saturated carbocycles. The molecule has 18 heavy (non-hydrogen) atoms. The molecule has 0 spiro atoms. The first kappa shape index (κ1) is 14.8. The predicted octanol–water partition coefficient (Wildman–Crippen LogP) is 3.69. The molecule has 3 nitrogen and oxygen atoms in total. The number of aromatic nitrogens is 1. The zero-order chi connectivity index (χ0) is 14.1. The van der Waals surface area contributed by atoms with E-state index in [4.69, 9.17) is 9.47 Å². The lowest BCUT2D eigenvalue weighted by molar-refractivity contribution is 0.336. The molecule has 1 aromatic rings. The Balaban J connectivity index is 3.57. The molecule has 1 aromatic heterocycles. The highest BCUT2D eigenvalue weighted by Gasteiger charge is 2.28. The zero-order valence-electron chi connectivity index (χ0n) is 12.8. The lowest BCUT2D eigenvalue weighted by Crippen LogP contribution is -2.24. The van der Waals surface area contributed by atoms with Gasteiger partial charge in [-0.25, -0.2) is 4.98 Å². The fourth-order valence-electron chi connectivity index (χ4n) is 1.91. The third-order valence-corrected chi connectivity index (χ3v) is 2.89. The fourth-order valence-corrected chi connectivity index (χ4v) is 1.91. The second-order valence-electron chi connectivity index (χ2n) is 6.60. The van der Waals surface area contributed by atoms with Crippen LogP contribution in [0.25, 0.3) is 0 Å². The summed E-state index contributed by atoms with van der Waals surface area (Å²) >= 11 is 0. The highest BCUT2D eigenvalue weighted by atomic mass is 16.5. The van der Waals surface area contributed by atoms with Crippen molar-refractivity contribution in [1.82, 2.24) is 4.98 Å². The largest absolute Gasteiger partial charge is 0.491 e. The van der Waals surface area contributed by atoms with Crippen molar-refractivity contribution in [3.63, 3.8) is 0 Å². The third kappa shape index (κ3) is 2.95. The predicted molar refractivity (Wildman–Crippen MR) is 74.7 cm³/mol. The summed E-state index contributed by atoms with van der Waals surface area (Å²) in [5.41, 5.74) is 2.26. The molecule has 0 N–H and O–H groups in total. The molecular weight excluding hydrogens is 226 g/mol. The van der Waals surface area contributed by atoms with Crippen LogP contribution in [-0.2, 0) is 10.8 Å². The minimum atomic E-state index is -0.0256. The van der Waals surface area contributed by atoms with Gasteiger partial charge in [-0.2, -0.15) is 0 Å². The summed E-state index contributed by atoms with van der Waals surface area (Å²) in [6.07, 6.45) is 0. The topological polar surface area (TPSA) is 31.4 Å². The number of pyridine rings is 1. The minimum absolute atomic E-state index is 0.0230. The molecule has 0 aliphatic carbocycles. The summed E-state index contributed by atoms with van der Waals surface area (Å²) in [4.78, 5) is 4.65. The summed E-state index contributed by atoms with van der Waals surface area (Å²) < 4.78 is 10.7. The molecule has 0 fully saturated rings. The SMILES string of the molecule is COc1cc(C(C)(C)C)c(C(C)(C)C)nc1OC. The van der Waals surface area contributed by atoms with Gasteiger partial charge in [0.1, 0.15) is 0 Å². The number of methoxy groups -OCH3 is 2. The maximum atomic E-state index is 5.35. The van der Waals surface area contributed by atoms with Gasteiger partial charge in [-0.3, -0.25) is 0 Å². The lowest BCUT2D eigenvalue weighted by atomic mass is 9.78. The van der Waals surface area contributed by atoms with E-state index in [-0.39, 0.29) is 10.8 Å². The molecule has 0 atom stereocenters. The Morgan fingerprint density at radius 3 is 1.78 bits per heavy atom. The van der Waals surface area contributed by atoms with Crippen molar-refractivity contribution in [3.8, 4) is 11.6 Å². The first-order valence-corrected chi connectivity index (χ1v) is 6.25. The van der Waals surface area contributed by atoms with Crippen LogP contribution in [0.15, 0.2) is 6.07 Å². The average molecular weight is 251 g/mol. The van der Waals surface area contributed by atoms with Crippen LogP contribution in [0.3, 0.4) is 0 Å². The van der Waals surface area contributed by atoms with Crippen molar-refractivity contribution >= 4 is 0 Å². The summed E-state index contributed by atoms with van der Waals surface area (Å²) in [6.45, 7) is 13.0. The van der Waals surface area contributed by atoms with Gasteiger partial charge in [0.2, 0.25) is 0 Å². The highest BCUT2D eigenvalue weighted by molar-refractivity contribution is 5.44. The molecule has 1 rings (SSSR count). The van der Waals surface area contributed by atoms with E-state index in [0.29, 0.717) is 11.6 Å². The number of hydrogen-bond donors (Lipinski definition) is 0. The fraction of sp³-hybridized carbons (Fsp3) is 0.667. The van der Waals surface area contributed by atoms with Crippen LogP contribution in [0, 0.1) is 0 Å². The normalized spacial score (nSPS) is 12.4. The Morgan fingerprint density at radius 2 is 1.44 bits per heavy atom. The van der Waals surface area contributed by atoms with Crippen LogP contribution < -0.4 is 9.47 Å². The van der Waals surface area contributed by atoms with Gasteiger partial charge < -0.3 is 9.47 Å². The van der Waals surface area contributed by atoms with E-state index in [1.54, 1.807) is 14.2 Å². The molecule has 0 saturated heterocycles. The van der Waals surface area contributed by atoms with Crippen LogP contribution in [0.1, 0.15) is 52.8 Å². The van der Waals surface area contributed by atoms with Gasteiger partial charge in [0, 0.05) is 5.41 Å². The quantitative estimate of drug-likeness (QED) is 0.803. The van der Waals surface area contributed by atoms with E-state index >= 15 is 0 Å². The maximum absolute atomic E-state index is 5.35. The molecule has 0 unspecified atom stereocenters. The van der Waals surface area contributed by atoms with Crippen molar-refractivity contribution in [1.29, 1.82) is 0 Å². The minimum Gasteiger partial charge on any atom is -0.491 e. The Morgan fingerprint density at radius 1 is 0.889 bits per heavy atom. The molecule has 0 aliphatic rings. The van der Waals surface area contributed by atoms with Crippen molar-refractivity contribution < 1.29 is 9.47 Å². The monoisotopic (exact) mass is 251 g/mol. The van der Waals surface area contributed by atoms with Crippen molar-refractivity contribution in [2.75, 3.05) is 14.2 Å². The van der Waals surface area contributed by atoms with Crippen molar-refractivity contribution in [2.24, 2.45) is 0 Å². The molecule has 3 heteroatoms. The molecule has 102 valence electrons. The third-order valence-electron chi connectivity index (χ3n) is 2.89. The van der Waals surface area contributed by atoms with Crippen LogP contribution in [0.4, 0.5) is 0 Å². The van der Waals surface area contributed by atoms with Gasteiger partial charge in [-0.05, 0) is 17.0 Å². The molecule has 0 aliphatic heterocycles. The standard InChI is InChI=1S/C15H25NO2/c1-14(2,3)10-9-11(17-7)13(18-8)16-12(10)15(4,5)6/h9H,1-8H3. The Bertz CT molecular complexity index is 384. The van der Waals surface area contributed by atoms with E-state index in [1.807, 2.05) is 6.07 Å². The maximum Gasteiger partial charge on any atom is 0.256 e. The smallest absolute Gasteiger partial charge is 0.256 e. The van der Waals surface area contributed by atoms with Gasteiger partial charge in [-0.1, -0.05) is 41.5 Å². The van der Waals surface area contributed by atoms with Crippen LogP contribution >= 0.6 is 0 Å². The molecular formula is C15H25NO2. The first-order valence-electron chi connectivity index (χ1n) is 6.25. The molecule has 0 amide bonds. The summed E-state index contributed by atoms with van der Waals surface area (Å²) in [7, 11) is 3.26. The van der Waals surface area contributed by atoms with Gasteiger partial charge in [0.15, 0.2) is 5.75 Å². The van der Waals surface area contributed by atoms with E-state index < -0.39 is 0 Å². The van der Waals surface area contributed by atoms with Gasteiger partial charge in [0.05, 0.1) is 19.9 Å².